The van der Waals surface area contributed by atoms with Gasteiger partial charge in [-0.15, -0.1) is 0 Å². The Morgan fingerprint density at radius 1 is 1.33 bits per heavy atom. The molecule has 18 heavy (non-hydrogen) atoms. The van der Waals surface area contributed by atoms with Crippen LogP contribution >= 0.6 is 11.6 Å². The minimum absolute atomic E-state index is 0.215. The highest BCUT2D eigenvalue weighted by Crippen LogP contribution is 2.20. The van der Waals surface area contributed by atoms with Crippen molar-refractivity contribution < 1.29 is 4.42 Å². The van der Waals surface area contributed by atoms with Crippen LogP contribution in [0.2, 0.25) is 5.28 Å². The van der Waals surface area contributed by atoms with Crippen molar-refractivity contribution in [3.63, 3.8) is 0 Å². The van der Waals surface area contributed by atoms with Crippen molar-refractivity contribution in [1.82, 2.24) is 14.5 Å². The van der Waals surface area contributed by atoms with Gasteiger partial charge in [-0.1, -0.05) is 0 Å². The van der Waals surface area contributed by atoms with Crippen LogP contribution in [-0.2, 0) is 6.54 Å². The highest BCUT2D eigenvalue weighted by atomic mass is 35.5. The molecule has 3 heterocycles. The van der Waals surface area contributed by atoms with Crippen LogP contribution in [-0.4, -0.2) is 14.5 Å². The Balaban J connectivity index is 2.00. The lowest BCUT2D eigenvalue weighted by atomic mass is 10.2. The number of furan rings is 1. The normalized spacial score (nSPS) is 10.9. The van der Waals surface area contributed by atoms with Gasteiger partial charge in [0.25, 0.3) is 0 Å². The molecule has 0 atom stereocenters. The Morgan fingerprint density at radius 2 is 2.11 bits per heavy atom. The first kappa shape index (κ1) is 11.0. The minimum atomic E-state index is -0.350. The fraction of sp³-hybridized carbons (Fsp3) is 0.0833. The summed E-state index contributed by atoms with van der Waals surface area (Å²) in [6, 6.07) is 5.04. The number of rotatable bonds is 2. The molecule has 0 spiro atoms. The maximum Gasteiger partial charge on any atom is 0.338 e. The lowest BCUT2D eigenvalue weighted by Crippen LogP contribution is -2.04. The fourth-order valence-corrected chi connectivity index (χ4v) is 1.88. The van der Waals surface area contributed by atoms with Gasteiger partial charge in [-0.25, -0.2) is 14.8 Å². The smallest absolute Gasteiger partial charge is 0.338 e. The van der Waals surface area contributed by atoms with E-state index in [0.717, 1.165) is 11.3 Å². The summed E-state index contributed by atoms with van der Waals surface area (Å²) in [6.45, 7) is 0.549. The Kier molecular flexibility index (Phi) is 2.60. The third-order valence-electron chi connectivity index (χ3n) is 2.57. The third-order valence-corrected chi connectivity index (χ3v) is 2.76. The summed E-state index contributed by atoms with van der Waals surface area (Å²) < 4.78 is 6.93. The quantitative estimate of drug-likeness (QED) is 0.662. The van der Waals surface area contributed by atoms with Gasteiger partial charge >= 0.3 is 5.63 Å². The molecule has 3 rings (SSSR count). The average molecular weight is 262 g/mol. The van der Waals surface area contributed by atoms with Crippen molar-refractivity contribution in [3.8, 4) is 11.5 Å². The first-order valence-corrected chi connectivity index (χ1v) is 5.65. The van der Waals surface area contributed by atoms with E-state index in [1.807, 2.05) is 16.8 Å². The van der Waals surface area contributed by atoms with Crippen LogP contribution in [0.25, 0.3) is 11.5 Å². The van der Waals surface area contributed by atoms with E-state index in [4.69, 9.17) is 16.0 Å². The fourth-order valence-electron chi connectivity index (χ4n) is 1.79. The van der Waals surface area contributed by atoms with Gasteiger partial charge in [0.2, 0.25) is 5.28 Å². The largest absolute Gasteiger partial charge is 0.421 e. The summed E-state index contributed by atoms with van der Waals surface area (Å²) in [5.41, 5.74) is 1.29. The van der Waals surface area contributed by atoms with E-state index in [9.17, 15) is 4.79 Å². The molecule has 0 bridgehead atoms. The van der Waals surface area contributed by atoms with Crippen LogP contribution in [0.3, 0.4) is 0 Å². The maximum absolute atomic E-state index is 11.2. The first-order valence-electron chi connectivity index (χ1n) is 5.28. The second-order valence-corrected chi connectivity index (χ2v) is 4.15. The molecule has 0 amide bonds. The van der Waals surface area contributed by atoms with Gasteiger partial charge in [0.05, 0.1) is 18.3 Å². The maximum atomic E-state index is 11.2. The molecule has 90 valence electrons. The zero-order valence-corrected chi connectivity index (χ0v) is 9.96. The average Bonchev–Trinajstić information content (AvgIpc) is 2.73. The van der Waals surface area contributed by atoms with Gasteiger partial charge in [-0.3, -0.25) is 0 Å². The standard InChI is InChI=1S/C12H8ClN3O2/c13-12-14-5-8(6-15-12)7-16-3-1-2-10-9(16)4-11(17)18-10/h1-6H,7H2. The molecule has 0 unspecified atom stereocenters. The summed E-state index contributed by atoms with van der Waals surface area (Å²) in [4.78, 5) is 19.0. The molecule has 0 aliphatic carbocycles. The van der Waals surface area contributed by atoms with E-state index in [-0.39, 0.29) is 10.9 Å². The Hall–Kier alpha value is -2.14. The lowest BCUT2D eigenvalue weighted by Gasteiger charge is -2.10. The number of nitrogens with zero attached hydrogens (tertiary/aromatic N) is 3. The summed E-state index contributed by atoms with van der Waals surface area (Å²) >= 11 is 5.63. The van der Waals surface area contributed by atoms with E-state index < -0.39 is 0 Å². The Morgan fingerprint density at radius 3 is 2.89 bits per heavy atom. The van der Waals surface area contributed by atoms with Crippen LogP contribution in [0.4, 0.5) is 0 Å². The zero-order chi connectivity index (χ0) is 12.5. The topological polar surface area (TPSA) is 60.9 Å². The molecule has 0 N–H and O–H groups in total. The van der Waals surface area contributed by atoms with Crippen molar-refractivity contribution in [3.05, 3.63) is 58.1 Å². The minimum Gasteiger partial charge on any atom is -0.421 e. The summed E-state index contributed by atoms with van der Waals surface area (Å²) in [6.07, 6.45) is 5.17. The summed E-state index contributed by atoms with van der Waals surface area (Å²) in [5, 5.41) is 0.215. The SMILES string of the molecule is O=c1cc2n(Cc3cnc(Cl)nc3)cccc-2o1. The predicted molar refractivity (Wildman–Crippen MR) is 65.7 cm³/mol. The highest BCUT2D eigenvalue weighted by Gasteiger charge is 2.11. The van der Waals surface area contributed by atoms with Crippen molar-refractivity contribution in [1.29, 1.82) is 0 Å². The molecule has 0 saturated carbocycles. The summed E-state index contributed by atoms with van der Waals surface area (Å²) in [7, 11) is 0. The van der Waals surface area contributed by atoms with Crippen molar-refractivity contribution in [2.24, 2.45) is 0 Å². The highest BCUT2D eigenvalue weighted by molar-refractivity contribution is 6.28. The van der Waals surface area contributed by atoms with Crippen LogP contribution in [0.15, 0.2) is 46.0 Å². The molecule has 0 fully saturated rings. The number of halogens is 1. The molecule has 1 aromatic heterocycles. The number of aromatic nitrogens is 3. The van der Waals surface area contributed by atoms with E-state index in [1.165, 1.54) is 6.07 Å². The van der Waals surface area contributed by atoms with E-state index in [1.54, 1.807) is 18.5 Å². The van der Waals surface area contributed by atoms with Crippen LogP contribution in [0.5, 0.6) is 0 Å². The van der Waals surface area contributed by atoms with Gasteiger partial charge in [0.15, 0.2) is 5.76 Å². The molecule has 2 aliphatic rings. The molecule has 2 aliphatic heterocycles. The molecule has 5 nitrogen and oxygen atoms in total. The molecular formula is C12H8ClN3O2. The van der Waals surface area contributed by atoms with E-state index in [2.05, 4.69) is 9.97 Å². The van der Waals surface area contributed by atoms with Crippen molar-refractivity contribution >= 4 is 11.6 Å². The number of fused-ring (bicyclic) bond motifs is 1. The lowest BCUT2D eigenvalue weighted by molar-refractivity contribution is 0.540. The van der Waals surface area contributed by atoms with E-state index in [0.29, 0.717) is 12.3 Å². The van der Waals surface area contributed by atoms with Crippen LogP contribution in [0, 0.1) is 0 Å². The second-order valence-electron chi connectivity index (χ2n) is 3.81. The molecular weight excluding hydrogens is 254 g/mol. The van der Waals surface area contributed by atoms with Crippen molar-refractivity contribution in [2.45, 2.75) is 6.54 Å². The van der Waals surface area contributed by atoms with E-state index >= 15 is 0 Å². The predicted octanol–water partition coefficient (Wildman–Crippen LogP) is 2.04. The van der Waals surface area contributed by atoms with Gasteiger partial charge in [0.1, 0.15) is 0 Å². The van der Waals surface area contributed by atoms with Gasteiger partial charge < -0.3 is 8.98 Å². The molecule has 6 heteroatoms. The summed E-state index contributed by atoms with van der Waals surface area (Å²) in [5.74, 6) is 0.567. The number of hydrogen-bond acceptors (Lipinski definition) is 4. The number of pyridine rings is 1. The monoisotopic (exact) mass is 261 g/mol. The molecule has 1 aromatic rings. The van der Waals surface area contributed by atoms with Crippen molar-refractivity contribution in [2.75, 3.05) is 0 Å². The van der Waals surface area contributed by atoms with Crippen LogP contribution < -0.4 is 5.63 Å². The zero-order valence-electron chi connectivity index (χ0n) is 9.21. The number of hydrogen-bond donors (Lipinski definition) is 0. The van der Waals surface area contributed by atoms with Gasteiger partial charge in [-0.05, 0) is 23.7 Å². The molecule has 0 saturated heterocycles. The second kappa shape index (κ2) is 4.27. The molecule has 0 radical (unpaired) electrons. The van der Waals surface area contributed by atoms with Crippen LogP contribution in [0.1, 0.15) is 5.56 Å². The Bertz CT molecular complexity index is 702. The van der Waals surface area contributed by atoms with Gasteiger partial charge in [-0.2, -0.15) is 0 Å². The first-order chi connectivity index (χ1) is 8.72. The third kappa shape index (κ3) is 2.00. The Labute approximate surface area is 107 Å². The van der Waals surface area contributed by atoms with Gasteiger partial charge in [0, 0.05) is 24.2 Å². The molecule has 0 aromatic carbocycles.